The third-order valence-corrected chi connectivity index (χ3v) is 5.83. The average molecular weight is 285 g/mol. The number of nitrogens with zero attached hydrogens (tertiary/aromatic N) is 1. The highest BCUT2D eigenvalue weighted by Gasteiger charge is 2.38. The second kappa shape index (κ2) is 5.90. The molecule has 0 unspecified atom stereocenters. The van der Waals surface area contributed by atoms with Crippen LogP contribution in [0.4, 0.5) is 0 Å². The van der Waals surface area contributed by atoms with Gasteiger partial charge < -0.3 is 9.80 Å². The van der Waals surface area contributed by atoms with Gasteiger partial charge in [0.1, 0.15) is 32.7 Å². The predicted molar refractivity (Wildman–Crippen MR) is 83.0 cm³/mol. The van der Waals surface area contributed by atoms with Crippen molar-refractivity contribution < 1.29 is 9.80 Å². The molecular weight excluding hydrogens is 258 g/mol. The second-order valence-corrected chi connectivity index (χ2v) is 7.28. The smallest absolute Gasteiger partial charge is 0.127 e. The van der Waals surface area contributed by atoms with Crippen LogP contribution in [0.1, 0.15) is 18.4 Å². The van der Waals surface area contributed by atoms with Gasteiger partial charge in [0.2, 0.25) is 0 Å². The van der Waals surface area contributed by atoms with Crippen molar-refractivity contribution in [1.29, 1.82) is 0 Å². The van der Waals surface area contributed by atoms with Gasteiger partial charge in [0.25, 0.3) is 0 Å². The van der Waals surface area contributed by atoms with Gasteiger partial charge in [-0.15, -0.1) is 0 Å². The lowest BCUT2D eigenvalue weighted by atomic mass is 9.93. The third-order valence-electron chi connectivity index (χ3n) is 5.83. The van der Waals surface area contributed by atoms with Gasteiger partial charge in [0, 0.05) is 23.9 Å². The van der Waals surface area contributed by atoms with Crippen molar-refractivity contribution >= 4 is 0 Å². The summed E-state index contributed by atoms with van der Waals surface area (Å²) < 4.78 is 0. The normalized spacial score (nSPS) is 38.0. The molecule has 3 heteroatoms. The van der Waals surface area contributed by atoms with Gasteiger partial charge in [-0.2, -0.15) is 0 Å². The molecular formula is C18H27N3+2. The van der Waals surface area contributed by atoms with Gasteiger partial charge in [-0.3, -0.25) is 4.98 Å². The number of pyridine rings is 1. The summed E-state index contributed by atoms with van der Waals surface area (Å²) in [6, 6.07) is 4.32. The fourth-order valence-electron chi connectivity index (χ4n) is 4.63. The zero-order chi connectivity index (χ0) is 14.1. The van der Waals surface area contributed by atoms with E-state index in [1.165, 1.54) is 57.7 Å². The van der Waals surface area contributed by atoms with Gasteiger partial charge in [0.15, 0.2) is 0 Å². The number of aromatic nitrogens is 1. The van der Waals surface area contributed by atoms with Crippen LogP contribution in [0.5, 0.6) is 0 Å². The fourth-order valence-corrected chi connectivity index (χ4v) is 4.63. The van der Waals surface area contributed by atoms with Crippen LogP contribution in [0.2, 0.25) is 0 Å². The molecule has 1 aromatic rings. The molecule has 21 heavy (non-hydrogen) atoms. The minimum Gasteiger partial charge on any atom is -0.325 e. The maximum Gasteiger partial charge on any atom is 0.127 e. The van der Waals surface area contributed by atoms with E-state index in [1.54, 1.807) is 4.90 Å². The van der Waals surface area contributed by atoms with Crippen LogP contribution in [0, 0.1) is 17.8 Å². The van der Waals surface area contributed by atoms with E-state index in [1.807, 2.05) is 17.3 Å². The minimum atomic E-state index is 0.921. The van der Waals surface area contributed by atoms with Crippen LogP contribution >= 0.6 is 0 Å². The van der Waals surface area contributed by atoms with Crippen LogP contribution in [0.25, 0.3) is 0 Å². The van der Waals surface area contributed by atoms with Crippen molar-refractivity contribution in [2.24, 2.45) is 17.8 Å². The highest BCUT2D eigenvalue weighted by Crippen LogP contribution is 2.42. The van der Waals surface area contributed by atoms with E-state index in [0.29, 0.717) is 0 Å². The first-order valence-corrected chi connectivity index (χ1v) is 8.61. The first-order valence-electron chi connectivity index (χ1n) is 8.61. The van der Waals surface area contributed by atoms with E-state index < -0.39 is 0 Å². The summed E-state index contributed by atoms with van der Waals surface area (Å²) >= 11 is 0. The molecule has 3 nitrogen and oxygen atoms in total. The first-order chi connectivity index (χ1) is 10.4. The summed E-state index contributed by atoms with van der Waals surface area (Å²) in [5.41, 5.74) is 1.43. The van der Waals surface area contributed by atoms with Crippen molar-refractivity contribution in [1.82, 2.24) is 4.98 Å². The lowest BCUT2D eigenvalue weighted by Crippen LogP contribution is -3.27. The summed E-state index contributed by atoms with van der Waals surface area (Å²) in [6.07, 6.45) is 11.7. The van der Waals surface area contributed by atoms with Crippen LogP contribution in [-0.4, -0.2) is 37.7 Å². The van der Waals surface area contributed by atoms with Gasteiger partial charge in [-0.1, -0.05) is 12.2 Å². The Morgan fingerprint density at radius 2 is 1.71 bits per heavy atom. The summed E-state index contributed by atoms with van der Waals surface area (Å²) in [5, 5.41) is 0. The van der Waals surface area contributed by atoms with Crippen molar-refractivity contribution in [3.63, 3.8) is 0 Å². The van der Waals surface area contributed by atoms with Crippen LogP contribution < -0.4 is 9.80 Å². The second-order valence-electron chi connectivity index (χ2n) is 7.28. The quantitative estimate of drug-likeness (QED) is 0.721. The molecule has 1 aliphatic heterocycles. The zero-order valence-electron chi connectivity index (χ0n) is 12.8. The topological polar surface area (TPSA) is 21.8 Å². The predicted octanol–water partition coefficient (Wildman–Crippen LogP) is -0.423. The van der Waals surface area contributed by atoms with Gasteiger partial charge in [-0.25, -0.2) is 0 Å². The Balaban J connectivity index is 1.24. The summed E-state index contributed by atoms with van der Waals surface area (Å²) in [7, 11) is 0. The lowest BCUT2D eigenvalue weighted by molar-refractivity contribution is -1.02. The minimum absolute atomic E-state index is 0.921. The molecule has 0 spiro atoms. The molecule has 2 N–H and O–H groups in total. The maximum atomic E-state index is 4.11. The standard InChI is InChI=1S/C18H25N3/c1-2-17-11-16(1)12-18(17)14-21-9-7-20(8-10-21)13-15-3-5-19-6-4-15/h1-6,16-18H,7-14H2/p+2/t16-,17+,18+/m1/s1. The Hall–Kier alpha value is -1.19. The Morgan fingerprint density at radius 3 is 2.38 bits per heavy atom. The number of rotatable bonds is 4. The number of hydrogen-bond donors (Lipinski definition) is 2. The van der Waals surface area contributed by atoms with Gasteiger partial charge >= 0.3 is 0 Å². The number of fused-ring (bicyclic) bond motifs is 2. The summed E-state index contributed by atoms with van der Waals surface area (Å²) in [4.78, 5) is 7.72. The van der Waals surface area contributed by atoms with Crippen LogP contribution in [0.3, 0.4) is 0 Å². The Morgan fingerprint density at radius 1 is 0.952 bits per heavy atom. The third kappa shape index (κ3) is 3.04. The molecule has 2 heterocycles. The van der Waals surface area contributed by atoms with Crippen molar-refractivity contribution in [2.75, 3.05) is 32.7 Å². The molecule has 0 amide bonds. The van der Waals surface area contributed by atoms with E-state index in [2.05, 4.69) is 29.3 Å². The largest absolute Gasteiger partial charge is 0.325 e. The molecule has 1 saturated carbocycles. The van der Waals surface area contributed by atoms with E-state index in [-0.39, 0.29) is 0 Å². The van der Waals surface area contributed by atoms with Gasteiger partial charge in [-0.05, 0) is 36.8 Å². The molecule has 3 atom stereocenters. The Labute approximate surface area is 127 Å². The van der Waals surface area contributed by atoms with Crippen molar-refractivity contribution in [3.8, 4) is 0 Å². The molecule has 1 saturated heterocycles. The molecule has 112 valence electrons. The van der Waals surface area contributed by atoms with E-state index in [4.69, 9.17) is 0 Å². The van der Waals surface area contributed by atoms with Crippen LogP contribution in [0.15, 0.2) is 36.7 Å². The van der Waals surface area contributed by atoms with E-state index in [9.17, 15) is 0 Å². The molecule has 2 aliphatic carbocycles. The fraction of sp³-hybridized carbons (Fsp3) is 0.611. The number of allylic oxidation sites excluding steroid dienone is 2. The molecule has 1 aromatic heterocycles. The number of piperazine rings is 1. The molecule has 2 bridgehead atoms. The Kier molecular flexibility index (Phi) is 3.78. The molecule has 3 aliphatic rings. The molecule has 4 rings (SSSR count). The summed E-state index contributed by atoms with van der Waals surface area (Å²) in [6.45, 7) is 7.97. The van der Waals surface area contributed by atoms with E-state index >= 15 is 0 Å². The highest BCUT2D eigenvalue weighted by atomic mass is 15.3. The lowest BCUT2D eigenvalue weighted by Gasteiger charge is -2.32. The molecule has 0 aromatic carbocycles. The average Bonchev–Trinajstić information content (AvgIpc) is 3.13. The van der Waals surface area contributed by atoms with Crippen LogP contribution in [-0.2, 0) is 6.54 Å². The zero-order valence-corrected chi connectivity index (χ0v) is 12.8. The number of quaternary nitrogens is 2. The first kappa shape index (κ1) is 13.5. The SMILES string of the molecule is C1=C[C@H]2C[C@@H]1C[C@H]2C[NH+]1CC[NH+](Cc2ccncc2)CC1. The van der Waals surface area contributed by atoms with E-state index in [0.717, 1.165) is 17.8 Å². The number of nitrogens with one attached hydrogen (secondary N) is 2. The number of hydrogen-bond acceptors (Lipinski definition) is 1. The van der Waals surface area contributed by atoms with Gasteiger partial charge in [0.05, 0.1) is 6.54 Å². The molecule has 2 fully saturated rings. The van der Waals surface area contributed by atoms with Crippen molar-refractivity contribution in [3.05, 3.63) is 42.2 Å². The Bertz CT molecular complexity index is 490. The summed E-state index contributed by atoms with van der Waals surface area (Å²) in [5.74, 6) is 2.83. The molecule has 0 radical (unpaired) electrons. The maximum absolute atomic E-state index is 4.11. The highest BCUT2D eigenvalue weighted by molar-refractivity contribution is 5.10. The monoisotopic (exact) mass is 285 g/mol. The van der Waals surface area contributed by atoms with Crippen molar-refractivity contribution in [2.45, 2.75) is 19.4 Å².